The smallest absolute Gasteiger partial charge is 0.0570 e. The molecule has 0 amide bonds. The molecule has 0 aliphatic heterocycles. The van der Waals surface area contributed by atoms with Gasteiger partial charge >= 0.3 is 0 Å². The molecule has 0 bridgehead atoms. The van der Waals surface area contributed by atoms with Gasteiger partial charge in [-0.25, -0.2) is 0 Å². The van der Waals surface area contributed by atoms with Gasteiger partial charge in [-0.05, 0) is 12.1 Å². The van der Waals surface area contributed by atoms with Gasteiger partial charge in [-0.3, -0.25) is 0 Å². The van der Waals surface area contributed by atoms with E-state index in [0.29, 0.717) is 22.7 Å². The quantitative estimate of drug-likeness (QED) is 0.477. The Balaban J connectivity index is 0. The molecule has 0 spiro atoms. The van der Waals surface area contributed by atoms with Crippen molar-refractivity contribution in [1.82, 2.24) is 0 Å². The van der Waals surface area contributed by atoms with E-state index in [9.17, 15) is 0 Å². The predicted octanol–water partition coefficient (Wildman–Crippen LogP) is 0.859. The Bertz CT molecular complexity index is 214. The summed E-state index contributed by atoms with van der Waals surface area (Å²) in [7, 11) is 0. The number of nitrogen functional groups attached to an aromatic ring is 4. The summed E-state index contributed by atoms with van der Waals surface area (Å²) in [5, 5.41) is 0. The molecule has 0 saturated carbocycles. The minimum Gasteiger partial charge on any atom is -0.397 e. The summed E-state index contributed by atoms with van der Waals surface area (Å²) in [6.45, 7) is 0. The van der Waals surface area contributed by atoms with E-state index in [1.165, 1.54) is 0 Å². The van der Waals surface area contributed by atoms with Crippen molar-refractivity contribution in [3.63, 3.8) is 0 Å². The third kappa shape index (κ3) is 2.56. The van der Waals surface area contributed by atoms with Crippen molar-refractivity contribution in [3.05, 3.63) is 12.1 Å². The number of nitrogens with two attached hydrogens (primary N) is 4. The molecule has 0 heterocycles. The van der Waals surface area contributed by atoms with Crippen molar-refractivity contribution >= 4 is 47.6 Å². The molecule has 0 fully saturated rings. The van der Waals surface area contributed by atoms with E-state index in [-0.39, 0.29) is 24.8 Å². The largest absolute Gasteiger partial charge is 0.397 e. The molecule has 12 heavy (non-hydrogen) atoms. The van der Waals surface area contributed by atoms with E-state index in [1.54, 1.807) is 12.1 Å². The number of rotatable bonds is 0. The molecule has 0 aliphatic rings. The van der Waals surface area contributed by atoms with Crippen LogP contribution >= 0.6 is 24.8 Å². The fourth-order valence-corrected chi connectivity index (χ4v) is 0.668. The number of anilines is 4. The molecule has 0 saturated heterocycles. The van der Waals surface area contributed by atoms with Crippen LogP contribution in [-0.2, 0) is 0 Å². The first kappa shape index (κ1) is 13.6. The lowest BCUT2D eigenvalue weighted by Gasteiger charge is -2.03. The van der Waals surface area contributed by atoms with Crippen molar-refractivity contribution in [2.75, 3.05) is 22.9 Å². The molecule has 0 atom stereocenters. The molecule has 1 aromatic carbocycles. The third-order valence-corrected chi connectivity index (χ3v) is 1.29. The lowest BCUT2D eigenvalue weighted by Crippen LogP contribution is -2.00. The van der Waals surface area contributed by atoms with Crippen LogP contribution in [0.4, 0.5) is 22.7 Å². The lowest BCUT2D eigenvalue weighted by molar-refractivity contribution is 1.64. The first-order valence-corrected chi connectivity index (χ1v) is 2.81. The van der Waals surface area contributed by atoms with Crippen molar-refractivity contribution in [2.45, 2.75) is 0 Å². The van der Waals surface area contributed by atoms with E-state index >= 15 is 0 Å². The van der Waals surface area contributed by atoms with Crippen LogP contribution in [0.3, 0.4) is 0 Å². The predicted molar refractivity (Wildman–Crippen MR) is 58.6 cm³/mol. The van der Waals surface area contributed by atoms with Crippen LogP contribution in [0.2, 0.25) is 0 Å². The second kappa shape index (κ2) is 4.79. The second-order valence-electron chi connectivity index (χ2n) is 2.11. The molecular formula is C6H12Cl2N4. The standard InChI is InChI=1S/C6H10N4.2ClH/c7-3-1-4(8)6(10)2-5(3)9;;/h1-2H,7-10H2;2*1H. The molecule has 1 rings (SSSR count). The SMILES string of the molecule is Cl.Cl.Nc1cc(N)c(N)cc1N. The zero-order valence-corrected chi connectivity index (χ0v) is 7.91. The van der Waals surface area contributed by atoms with Crippen molar-refractivity contribution in [3.8, 4) is 0 Å². The molecule has 8 N–H and O–H groups in total. The van der Waals surface area contributed by atoms with Crippen LogP contribution in [0.15, 0.2) is 12.1 Å². The van der Waals surface area contributed by atoms with E-state index < -0.39 is 0 Å². The van der Waals surface area contributed by atoms with Crippen molar-refractivity contribution < 1.29 is 0 Å². The zero-order chi connectivity index (χ0) is 7.72. The first-order valence-electron chi connectivity index (χ1n) is 2.81. The highest BCUT2D eigenvalue weighted by Gasteiger charge is 1.97. The highest BCUT2D eigenvalue weighted by atomic mass is 35.5. The van der Waals surface area contributed by atoms with Gasteiger partial charge in [0.05, 0.1) is 22.7 Å². The molecular weight excluding hydrogens is 199 g/mol. The van der Waals surface area contributed by atoms with Crippen molar-refractivity contribution in [2.24, 2.45) is 0 Å². The molecule has 0 aliphatic carbocycles. The van der Waals surface area contributed by atoms with Crippen LogP contribution in [0.1, 0.15) is 0 Å². The Morgan fingerprint density at radius 2 is 0.750 bits per heavy atom. The third-order valence-electron chi connectivity index (χ3n) is 1.29. The van der Waals surface area contributed by atoms with E-state index in [0.717, 1.165) is 0 Å². The minimum atomic E-state index is 0. The highest BCUT2D eigenvalue weighted by Crippen LogP contribution is 2.23. The summed E-state index contributed by atoms with van der Waals surface area (Å²) >= 11 is 0. The summed E-state index contributed by atoms with van der Waals surface area (Å²) < 4.78 is 0. The Hall–Kier alpha value is -1.00. The van der Waals surface area contributed by atoms with Gasteiger partial charge in [-0.2, -0.15) is 0 Å². The lowest BCUT2D eigenvalue weighted by atomic mass is 10.2. The average Bonchev–Trinajstić information content (AvgIpc) is 1.84. The second-order valence-corrected chi connectivity index (χ2v) is 2.11. The van der Waals surface area contributed by atoms with Crippen LogP contribution in [-0.4, -0.2) is 0 Å². The van der Waals surface area contributed by atoms with Gasteiger partial charge in [0.15, 0.2) is 0 Å². The van der Waals surface area contributed by atoms with Crippen LogP contribution in [0, 0.1) is 0 Å². The zero-order valence-electron chi connectivity index (χ0n) is 6.28. The van der Waals surface area contributed by atoms with Gasteiger partial charge in [0.25, 0.3) is 0 Å². The number of hydrogen-bond acceptors (Lipinski definition) is 4. The fraction of sp³-hybridized carbons (Fsp3) is 0. The minimum absolute atomic E-state index is 0. The number of hydrogen-bond donors (Lipinski definition) is 4. The Labute approximate surface area is 83.1 Å². The average molecular weight is 211 g/mol. The molecule has 6 heteroatoms. The Morgan fingerprint density at radius 1 is 0.583 bits per heavy atom. The molecule has 0 aromatic heterocycles. The van der Waals surface area contributed by atoms with Gasteiger partial charge in [-0.1, -0.05) is 0 Å². The monoisotopic (exact) mass is 210 g/mol. The van der Waals surface area contributed by atoms with E-state index in [1.807, 2.05) is 0 Å². The van der Waals surface area contributed by atoms with Crippen LogP contribution < -0.4 is 22.9 Å². The summed E-state index contributed by atoms with van der Waals surface area (Å²) in [6.07, 6.45) is 0. The topological polar surface area (TPSA) is 104 Å². The summed E-state index contributed by atoms with van der Waals surface area (Å²) in [6, 6.07) is 3.09. The fourth-order valence-electron chi connectivity index (χ4n) is 0.668. The Morgan fingerprint density at radius 3 is 0.917 bits per heavy atom. The normalized spacial score (nSPS) is 8.00. The summed E-state index contributed by atoms with van der Waals surface area (Å²) in [5.41, 5.74) is 23.6. The van der Waals surface area contributed by atoms with Crippen LogP contribution in [0.25, 0.3) is 0 Å². The summed E-state index contributed by atoms with van der Waals surface area (Å²) in [5.74, 6) is 0. The number of halogens is 2. The molecule has 70 valence electrons. The Kier molecular flexibility index (Phi) is 5.42. The van der Waals surface area contributed by atoms with Gasteiger partial charge in [0.1, 0.15) is 0 Å². The first-order chi connectivity index (χ1) is 4.61. The van der Waals surface area contributed by atoms with Crippen molar-refractivity contribution in [1.29, 1.82) is 0 Å². The van der Waals surface area contributed by atoms with Crippen LogP contribution in [0.5, 0.6) is 0 Å². The van der Waals surface area contributed by atoms with Gasteiger partial charge in [0.2, 0.25) is 0 Å². The highest BCUT2D eigenvalue weighted by molar-refractivity contribution is 5.85. The maximum Gasteiger partial charge on any atom is 0.0570 e. The van der Waals surface area contributed by atoms with Gasteiger partial charge in [0, 0.05) is 0 Å². The molecule has 0 unspecified atom stereocenters. The van der Waals surface area contributed by atoms with Gasteiger partial charge in [-0.15, -0.1) is 24.8 Å². The number of benzene rings is 1. The summed E-state index contributed by atoms with van der Waals surface area (Å²) in [4.78, 5) is 0. The molecule has 4 nitrogen and oxygen atoms in total. The van der Waals surface area contributed by atoms with E-state index in [4.69, 9.17) is 22.9 Å². The molecule has 1 aromatic rings. The maximum atomic E-state index is 5.43. The molecule has 0 radical (unpaired) electrons. The van der Waals surface area contributed by atoms with Gasteiger partial charge < -0.3 is 22.9 Å². The maximum absolute atomic E-state index is 5.43. The van der Waals surface area contributed by atoms with E-state index in [2.05, 4.69) is 0 Å².